The summed E-state index contributed by atoms with van der Waals surface area (Å²) in [6.45, 7) is 3.62. The maximum atomic E-state index is 11.7. The first kappa shape index (κ1) is 13.3. The molecule has 1 rings (SSSR count). The van der Waals surface area contributed by atoms with E-state index in [1.54, 1.807) is 4.90 Å². The Morgan fingerprint density at radius 2 is 2.38 bits per heavy atom. The minimum Gasteiger partial charge on any atom is -0.375 e. The van der Waals surface area contributed by atoms with Gasteiger partial charge in [0.1, 0.15) is 6.61 Å². The van der Waals surface area contributed by atoms with Crippen LogP contribution in [0.15, 0.2) is 0 Å². The van der Waals surface area contributed by atoms with Gasteiger partial charge in [-0.3, -0.25) is 4.79 Å². The summed E-state index contributed by atoms with van der Waals surface area (Å²) in [4.78, 5) is 13.4. The Balaban J connectivity index is 2.14. The van der Waals surface area contributed by atoms with Gasteiger partial charge in [-0.15, -0.1) is 0 Å². The number of hydrogen-bond acceptors (Lipinski definition) is 3. The fourth-order valence-corrected chi connectivity index (χ4v) is 1.65. The Hall–Kier alpha value is -0.750. The standard InChI is InChI=1S/C10H18F2N2O2/c1-8-6-14(4-3-13-8)10(15)2-5-16-7-9(11)12/h8-9,13H,2-7H2,1H3/t8-/m1/s1. The van der Waals surface area contributed by atoms with Crippen LogP contribution in [-0.4, -0.2) is 56.1 Å². The highest BCUT2D eigenvalue weighted by molar-refractivity contribution is 5.76. The van der Waals surface area contributed by atoms with Gasteiger partial charge in [0.2, 0.25) is 5.91 Å². The van der Waals surface area contributed by atoms with Gasteiger partial charge in [0.15, 0.2) is 0 Å². The van der Waals surface area contributed by atoms with E-state index in [2.05, 4.69) is 10.1 Å². The first-order chi connectivity index (χ1) is 7.59. The Morgan fingerprint density at radius 1 is 1.62 bits per heavy atom. The lowest BCUT2D eigenvalue weighted by Gasteiger charge is -2.31. The van der Waals surface area contributed by atoms with Crippen molar-refractivity contribution >= 4 is 5.91 Å². The molecule has 1 atom stereocenters. The molecule has 4 nitrogen and oxygen atoms in total. The second-order valence-corrected chi connectivity index (χ2v) is 3.91. The second kappa shape index (κ2) is 6.75. The van der Waals surface area contributed by atoms with E-state index in [0.29, 0.717) is 19.1 Å². The second-order valence-electron chi connectivity index (χ2n) is 3.91. The molecule has 16 heavy (non-hydrogen) atoms. The van der Waals surface area contributed by atoms with Crippen molar-refractivity contribution in [2.24, 2.45) is 0 Å². The fraction of sp³-hybridized carbons (Fsp3) is 0.900. The summed E-state index contributed by atoms with van der Waals surface area (Å²) in [6.07, 6.45) is -2.28. The molecule has 0 saturated carbocycles. The molecule has 0 spiro atoms. The lowest BCUT2D eigenvalue weighted by atomic mass is 10.2. The van der Waals surface area contributed by atoms with E-state index < -0.39 is 13.0 Å². The number of alkyl halides is 2. The SMILES string of the molecule is C[C@@H]1CN(C(=O)CCOCC(F)F)CCN1. The van der Waals surface area contributed by atoms with Crippen LogP contribution in [0.3, 0.4) is 0 Å². The summed E-state index contributed by atoms with van der Waals surface area (Å²) in [5.41, 5.74) is 0. The molecule has 0 unspecified atom stereocenters. The Labute approximate surface area is 93.9 Å². The van der Waals surface area contributed by atoms with Crippen LogP contribution in [0.2, 0.25) is 0 Å². The zero-order chi connectivity index (χ0) is 12.0. The quantitative estimate of drug-likeness (QED) is 0.706. The molecule has 1 aliphatic rings. The van der Waals surface area contributed by atoms with Gasteiger partial charge >= 0.3 is 0 Å². The number of piperazine rings is 1. The molecule has 0 aliphatic carbocycles. The van der Waals surface area contributed by atoms with Crippen LogP contribution in [0.4, 0.5) is 8.78 Å². The van der Waals surface area contributed by atoms with Crippen LogP contribution in [0, 0.1) is 0 Å². The maximum Gasteiger partial charge on any atom is 0.261 e. The average Bonchev–Trinajstić information content (AvgIpc) is 2.24. The van der Waals surface area contributed by atoms with Gasteiger partial charge in [0, 0.05) is 25.7 Å². The maximum absolute atomic E-state index is 11.7. The van der Waals surface area contributed by atoms with E-state index in [9.17, 15) is 13.6 Å². The Bertz CT molecular complexity index is 227. The molecule has 94 valence electrons. The van der Waals surface area contributed by atoms with Crippen molar-refractivity contribution in [2.45, 2.75) is 25.8 Å². The van der Waals surface area contributed by atoms with Crippen LogP contribution in [-0.2, 0) is 9.53 Å². The van der Waals surface area contributed by atoms with Gasteiger partial charge in [-0.25, -0.2) is 8.78 Å². The van der Waals surface area contributed by atoms with E-state index in [1.807, 2.05) is 6.92 Å². The number of nitrogens with one attached hydrogen (secondary N) is 1. The van der Waals surface area contributed by atoms with Crippen molar-refractivity contribution in [3.05, 3.63) is 0 Å². The third-order valence-corrected chi connectivity index (χ3v) is 2.43. The molecule has 0 aromatic carbocycles. The van der Waals surface area contributed by atoms with Crippen LogP contribution in [0.1, 0.15) is 13.3 Å². The van der Waals surface area contributed by atoms with Crippen LogP contribution in [0.5, 0.6) is 0 Å². The average molecular weight is 236 g/mol. The summed E-state index contributed by atoms with van der Waals surface area (Å²) in [7, 11) is 0. The van der Waals surface area contributed by atoms with E-state index in [0.717, 1.165) is 6.54 Å². The minimum absolute atomic E-state index is 0.0254. The Morgan fingerprint density at radius 3 is 3.00 bits per heavy atom. The van der Waals surface area contributed by atoms with E-state index >= 15 is 0 Å². The molecule has 0 bridgehead atoms. The smallest absolute Gasteiger partial charge is 0.261 e. The highest BCUT2D eigenvalue weighted by Gasteiger charge is 2.19. The zero-order valence-corrected chi connectivity index (χ0v) is 9.42. The van der Waals surface area contributed by atoms with Crippen LogP contribution >= 0.6 is 0 Å². The van der Waals surface area contributed by atoms with Gasteiger partial charge in [-0.05, 0) is 6.92 Å². The van der Waals surface area contributed by atoms with Crippen molar-refractivity contribution in [1.29, 1.82) is 0 Å². The number of carbonyl (C=O) groups excluding carboxylic acids is 1. The predicted molar refractivity (Wildman–Crippen MR) is 55.5 cm³/mol. The molecular formula is C10H18F2N2O2. The number of hydrogen-bond donors (Lipinski definition) is 1. The molecular weight excluding hydrogens is 218 g/mol. The molecule has 1 saturated heterocycles. The lowest BCUT2D eigenvalue weighted by molar-refractivity contribution is -0.133. The van der Waals surface area contributed by atoms with Gasteiger partial charge in [0.05, 0.1) is 13.0 Å². The molecule has 1 aliphatic heterocycles. The molecule has 1 amide bonds. The number of carbonyl (C=O) groups is 1. The molecule has 1 heterocycles. The first-order valence-corrected chi connectivity index (χ1v) is 5.46. The highest BCUT2D eigenvalue weighted by Crippen LogP contribution is 2.02. The summed E-state index contributed by atoms with van der Waals surface area (Å²) < 4.78 is 28.1. The monoisotopic (exact) mass is 236 g/mol. The first-order valence-electron chi connectivity index (χ1n) is 5.46. The van der Waals surface area contributed by atoms with E-state index in [-0.39, 0.29) is 18.9 Å². The molecule has 1 fully saturated rings. The van der Waals surface area contributed by atoms with Crippen molar-refractivity contribution in [3.8, 4) is 0 Å². The van der Waals surface area contributed by atoms with Crippen molar-refractivity contribution < 1.29 is 18.3 Å². The number of rotatable bonds is 5. The zero-order valence-electron chi connectivity index (χ0n) is 9.42. The number of ether oxygens (including phenoxy) is 1. The van der Waals surface area contributed by atoms with Gasteiger partial charge < -0.3 is 15.0 Å². The number of nitrogens with zero attached hydrogens (tertiary/aromatic N) is 1. The lowest BCUT2D eigenvalue weighted by Crippen LogP contribution is -2.51. The van der Waals surface area contributed by atoms with E-state index in [1.165, 1.54) is 0 Å². The van der Waals surface area contributed by atoms with Crippen LogP contribution in [0.25, 0.3) is 0 Å². The number of halogens is 2. The van der Waals surface area contributed by atoms with Gasteiger partial charge in [-0.1, -0.05) is 0 Å². The van der Waals surface area contributed by atoms with Crippen molar-refractivity contribution in [2.75, 3.05) is 32.8 Å². The van der Waals surface area contributed by atoms with Crippen molar-refractivity contribution in [1.82, 2.24) is 10.2 Å². The molecule has 1 N–H and O–H groups in total. The number of amides is 1. The molecule has 0 aromatic heterocycles. The Kier molecular flexibility index (Phi) is 5.62. The van der Waals surface area contributed by atoms with Gasteiger partial charge in [-0.2, -0.15) is 0 Å². The third kappa shape index (κ3) is 4.85. The predicted octanol–water partition coefficient (Wildman–Crippen LogP) is 0.478. The third-order valence-electron chi connectivity index (χ3n) is 2.43. The van der Waals surface area contributed by atoms with Crippen molar-refractivity contribution in [3.63, 3.8) is 0 Å². The molecule has 0 radical (unpaired) electrons. The molecule has 0 aromatic rings. The van der Waals surface area contributed by atoms with Crippen LogP contribution < -0.4 is 5.32 Å². The summed E-state index contributed by atoms with van der Waals surface area (Å²) in [5, 5.41) is 3.22. The topological polar surface area (TPSA) is 41.6 Å². The van der Waals surface area contributed by atoms with E-state index in [4.69, 9.17) is 0 Å². The normalized spacial score (nSPS) is 21.5. The summed E-state index contributed by atoms with van der Waals surface area (Å²) in [6, 6.07) is 0.291. The largest absolute Gasteiger partial charge is 0.375 e. The summed E-state index contributed by atoms with van der Waals surface area (Å²) >= 11 is 0. The fourth-order valence-electron chi connectivity index (χ4n) is 1.65. The summed E-state index contributed by atoms with van der Waals surface area (Å²) in [5.74, 6) is -0.0254. The highest BCUT2D eigenvalue weighted by atomic mass is 19.3. The molecule has 6 heteroatoms. The van der Waals surface area contributed by atoms with Gasteiger partial charge in [0.25, 0.3) is 6.43 Å². The minimum atomic E-state index is -2.46.